The van der Waals surface area contributed by atoms with Gasteiger partial charge in [-0.05, 0) is 6.92 Å². The van der Waals surface area contributed by atoms with E-state index in [4.69, 9.17) is 5.11 Å². The molecule has 2 rings (SSSR count). The van der Waals surface area contributed by atoms with Crippen LogP contribution in [-0.4, -0.2) is 48.5 Å². The zero-order valence-electron chi connectivity index (χ0n) is 12.4. The number of carbonyl (C=O) groups is 2. The monoisotopic (exact) mass is 291 g/mol. The van der Waals surface area contributed by atoms with Gasteiger partial charge in [0, 0.05) is 39.4 Å². The van der Waals surface area contributed by atoms with E-state index in [1.54, 1.807) is 11.7 Å². The van der Waals surface area contributed by atoms with E-state index in [1.807, 2.05) is 20.2 Å². The van der Waals surface area contributed by atoms with Crippen LogP contribution < -0.4 is 0 Å². The van der Waals surface area contributed by atoms with E-state index in [2.05, 4.69) is 10.2 Å². The van der Waals surface area contributed by atoms with E-state index < -0.39 is 5.97 Å². The molecular weight excluding hydrogens is 274 g/mol. The summed E-state index contributed by atoms with van der Waals surface area (Å²) in [5.41, 5.74) is 1.71. The van der Waals surface area contributed by atoms with Crippen molar-refractivity contribution in [2.75, 3.05) is 7.05 Å². The number of aromatic carboxylic acids is 1. The minimum atomic E-state index is -1.18. The summed E-state index contributed by atoms with van der Waals surface area (Å²) in [5.74, 6) is -1.56. The van der Waals surface area contributed by atoms with Gasteiger partial charge >= 0.3 is 5.97 Å². The summed E-state index contributed by atoms with van der Waals surface area (Å²) >= 11 is 0. The topological polar surface area (TPSA) is 93.3 Å². The number of hydrogen-bond donors (Lipinski definition) is 1. The van der Waals surface area contributed by atoms with Crippen LogP contribution in [0.25, 0.3) is 0 Å². The summed E-state index contributed by atoms with van der Waals surface area (Å²) in [5, 5.41) is 17.2. The van der Waals surface area contributed by atoms with Gasteiger partial charge in [-0.1, -0.05) is 0 Å². The molecule has 2 aromatic rings. The standard InChI is InChI=1S/C13H17N5O3/c1-8-9(7-17(3)15-8)6-16(2)12(19)10-5-14-18(4)11(10)13(20)21/h5,7H,6H2,1-4H3,(H,20,21). The fraction of sp³-hybridized carbons (Fsp3) is 0.385. The number of rotatable bonds is 4. The number of carboxylic acid groups (broad SMARTS) is 1. The molecule has 0 aliphatic rings. The van der Waals surface area contributed by atoms with Gasteiger partial charge in [0.2, 0.25) is 0 Å². The fourth-order valence-electron chi connectivity index (χ4n) is 2.18. The summed E-state index contributed by atoms with van der Waals surface area (Å²) in [7, 11) is 4.92. The van der Waals surface area contributed by atoms with Crippen molar-refractivity contribution < 1.29 is 14.7 Å². The number of amides is 1. The molecule has 0 atom stereocenters. The Hall–Kier alpha value is -2.64. The lowest BCUT2D eigenvalue weighted by Crippen LogP contribution is -2.28. The van der Waals surface area contributed by atoms with Crippen molar-refractivity contribution in [3.05, 3.63) is 34.9 Å². The molecule has 0 fully saturated rings. The van der Waals surface area contributed by atoms with E-state index in [0.29, 0.717) is 6.54 Å². The molecule has 0 aliphatic heterocycles. The third-order valence-electron chi connectivity index (χ3n) is 3.24. The summed E-state index contributed by atoms with van der Waals surface area (Å²) in [6, 6.07) is 0. The Morgan fingerprint density at radius 2 is 2.05 bits per heavy atom. The Morgan fingerprint density at radius 1 is 1.38 bits per heavy atom. The van der Waals surface area contributed by atoms with E-state index in [-0.39, 0.29) is 17.2 Å². The highest BCUT2D eigenvalue weighted by molar-refractivity contribution is 6.03. The van der Waals surface area contributed by atoms with Crippen LogP contribution >= 0.6 is 0 Å². The maximum absolute atomic E-state index is 12.4. The van der Waals surface area contributed by atoms with Crippen molar-refractivity contribution in [3.63, 3.8) is 0 Å². The molecule has 0 unspecified atom stereocenters. The summed E-state index contributed by atoms with van der Waals surface area (Å²) in [4.78, 5) is 25.0. The molecule has 0 aliphatic carbocycles. The molecule has 0 aromatic carbocycles. The van der Waals surface area contributed by atoms with Crippen molar-refractivity contribution in [2.24, 2.45) is 14.1 Å². The van der Waals surface area contributed by atoms with Crippen LogP contribution in [0, 0.1) is 6.92 Å². The highest BCUT2D eigenvalue weighted by atomic mass is 16.4. The predicted molar refractivity (Wildman–Crippen MR) is 73.9 cm³/mol. The molecule has 21 heavy (non-hydrogen) atoms. The average molecular weight is 291 g/mol. The zero-order chi connectivity index (χ0) is 15.7. The minimum absolute atomic E-state index is 0.0778. The van der Waals surface area contributed by atoms with E-state index in [0.717, 1.165) is 11.3 Å². The van der Waals surface area contributed by atoms with Gasteiger partial charge in [-0.15, -0.1) is 0 Å². The summed E-state index contributed by atoms with van der Waals surface area (Å²) in [6.45, 7) is 2.22. The summed E-state index contributed by atoms with van der Waals surface area (Å²) in [6.07, 6.45) is 3.11. The van der Waals surface area contributed by atoms with Gasteiger partial charge in [-0.25, -0.2) is 4.79 Å². The first-order valence-corrected chi connectivity index (χ1v) is 6.31. The Balaban J connectivity index is 2.24. The van der Waals surface area contributed by atoms with Gasteiger partial charge in [-0.2, -0.15) is 10.2 Å². The SMILES string of the molecule is Cc1nn(C)cc1CN(C)C(=O)c1cnn(C)c1C(=O)O. The van der Waals surface area contributed by atoms with Gasteiger partial charge in [0.25, 0.3) is 5.91 Å². The normalized spacial score (nSPS) is 10.7. The van der Waals surface area contributed by atoms with Crippen LogP contribution in [0.4, 0.5) is 0 Å². The highest BCUT2D eigenvalue weighted by Crippen LogP contribution is 2.14. The lowest BCUT2D eigenvalue weighted by molar-refractivity contribution is 0.0669. The van der Waals surface area contributed by atoms with Crippen LogP contribution in [0.1, 0.15) is 32.1 Å². The average Bonchev–Trinajstić information content (AvgIpc) is 2.91. The molecule has 1 N–H and O–H groups in total. The number of aryl methyl sites for hydroxylation is 3. The molecule has 1 amide bonds. The largest absolute Gasteiger partial charge is 0.477 e. The van der Waals surface area contributed by atoms with Crippen molar-refractivity contribution in [1.29, 1.82) is 0 Å². The van der Waals surface area contributed by atoms with E-state index >= 15 is 0 Å². The van der Waals surface area contributed by atoms with Crippen molar-refractivity contribution in [1.82, 2.24) is 24.5 Å². The molecule has 112 valence electrons. The Labute approximate surface area is 121 Å². The lowest BCUT2D eigenvalue weighted by Gasteiger charge is -2.16. The lowest BCUT2D eigenvalue weighted by atomic mass is 10.2. The van der Waals surface area contributed by atoms with Gasteiger partial charge in [0.15, 0.2) is 5.69 Å². The van der Waals surface area contributed by atoms with Crippen LogP contribution in [0.3, 0.4) is 0 Å². The number of carbonyl (C=O) groups excluding carboxylic acids is 1. The first-order chi connectivity index (χ1) is 9.81. The maximum Gasteiger partial charge on any atom is 0.354 e. The second kappa shape index (κ2) is 5.39. The third kappa shape index (κ3) is 2.78. The zero-order valence-corrected chi connectivity index (χ0v) is 12.4. The van der Waals surface area contributed by atoms with Gasteiger partial charge < -0.3 is 10.0 Å². The van der Waals surface area contributed by atoms with Gasteiger partial charge in [0.05, 0.1) is 17.5 Å². The molecular formula is C13H17N5O3. The second-order valence-electron chi connectivity index (χ2n) is 4.91. The molecule has 0 radical (unpaired) electrons. The molecule has 2 heterocycles. The van der Waals surface area contributed by atoms with Gasteiger partial charge in [-0.3, -0.25) is 14.2 Å². The van der Waals surface area contributed by atoms with E-state index in [9.17, 15) is 9.59 Å². The Kier molecular flexibility index (Phi) is 3.79. The predicted octanol–water partition coefficient (Wildman–Crippen LogP) is 0.432. The molecule has 8 heteroatoms. The van der Waals surface area contributed by atoms with Crippen LogP contribution in [0.15, 0.2) is 12.4 Å². The highest BCUT2D eigenvalue weighted by Gasteiger charge is 2.24. The quantitative estimate of drug-likeness (QED) is 0.882. The van der Waals surface area contributed by atoms with Crippen LogP contribution in [0.2, 0.25) is 0 Å². The molecule has 8 nitrogen and oxygen atoms in total. The number of nitrogens with zero attached hydrogens (tertiary/aromatic N) is 5. The van der Waals surface area contributed by atoms with Crippen molar-refractivity contribution in [2.45, 2.75) is 13.5 Å². The van der Waals surface area contributed by atoms with E-state index in [1.165, 1.54) is 22.8 Å². The number of carboxylic acids is 1. The first kappa shape index (κ1) is 14.8. The minimum Gasteiger partial charge on any atom is -0.477 e. The molecule has 0 saturated carbocycles. The van der Waals surface area contributed by atoms with Crippen molar-refractivity contribution >= 4 is 11.9 Å². The molecule has 0 saturated heterocycles. The Bertz CT molecular complexity index is 701. The maximum atomic E-state index is 12.4. The van der Waals surface area contributed by atoms with Crippen molar-refractivity contribution in [3.8, 4) is 0 Å². The first-order valence-electron chi connectivity index (χ1n) is 6.31. The Morgan fingerprint density at radius 3 is 2.57 bits per heavy atom. The van der Waals surface area contributed by atoms with Crippen LogP contribution in [-0.2, 0) is 20.6 Å². The number of aromatic nitrogens is 4. The van der Waals surface area contributed by atoms with Gasteiger partial charge in [0.1, 0.15) is 0 Å². The summed E-state index contributed by atoms with van der Waals surface area (Å²) < 4.78 is 2.86. The number of hydrogen-bond acceptors (Lipinski definition) is 4. The van der Waals surface area contributed by atoms with Crippen LogP contribution in [0.5, 0.6) is 0 Å². The second-order valence-corrected chi connectivity index (χ2v) is 4.91. The smallest absolute Gasteiger partial charge is 0.354 e. The third-order valence-corrected chi connectivity index (χ3v) is 3.24. The molecule has 0 bridgehead atoms. The molecule has 2 aromatic heterocycles. The fourth-order valence-corrected chi connectivity index (χ4v) is 2.18. The molecule has 0 spiro atoms.